The third-order valence-electron chi connectivity index (χ3n) is 3.19. The van der Waals surface area contributed by atoms with Crippen molar-refractivity contribution in [2.45, 2.75) is 38.7 Å². The van der Waals surface area contributed by atoms with Crippen LogP contribution >= 0.6 is 0 Å². The molecule has 1 amide bonds. The van der Waals surface area contributed by atoms with Crippen molar-refractivity contribution in [3.8, 4) is 0 Å². The van der Waals surface area contributed by atoms with Gasteiger partial charge in [-0.25, -0.2) is 0 Å². The minimum atomic E-state index is -1.22. The number of ether oxygens (including phenoxy) is 3. The zero-order valence-corrected chi connectivity index (χ0v) is 12.5. The van der Waals surface area contributed by atoms with E-state index in [9.17, 15) is 9.90 Å². The highest BCUT2D eigenvalue weighted by Gasteiger charge is 2.50. The smallest absolute Gasteiger partial charge is 0.254 e. The number of β-lactam (4-membered cyclic amide) rings is 1. The zero-order chi connectivity index (χ0) is 15.3. The number of likely N-dealkylation sites (tertiary alicyclic amines) is 1. The molecule has 1 heterocycles. The molecule has 0 unspecified atom stereocenters. The van der Waals surface area contributed by atoms with Crippen LogP contribution < -0.4 is 0 Å². The third kappa shape index (κ3) is 4.39. The van der Waals surface area contributed by atoms with Crippen molar-refractivity contribution in [3.63, 3.8) is 0 Å². The minimum Gasteiger partial charge on any atom is -0.395 e. The summed E-state index contributed by atoms with van der Waals surface area (Å²) in [6, 6.07) is -0.188. The summed E-state index contributed by atoms with van der Waals surface area (Å²) in [5.74, 6) is -1.41. The fourth-order valence-electron chi connectivity index (χ4n) is 2.26. The molecule has 20 heavy (non-hydrogen) atoms. The van der Waals surface area contributed by atoms with Crippen LogP contribution in [0.15, 0.2) is 0 Å². The fraction of sp³-hybridized carbons (Fsp3) is 0.923. The molecule has 1 fully saturated rings. The maximum absolute atomic E-state index is 11.9. The van der Waals surface area contributed by atoms with Crippen molar-refractivity contribution in [2.24, 2.45) is 5.92 Å². The minimum absolute atomic E-state index is 0.0347. The molecule has 3 atom stereocenters. The lowest BCUT2D eigenvalue weighted by molar-refractivity contribution is -0.210. The Hall–Kier alpha value is -0.730. The lowest BCUT2D eigenvalue weighted by atomic mass is 9.87. The van der Waals surface area contributed by atoms with E-state index in [1.165, 1.54) is 7.11 Å². The normalized spacial score (nSPS) is 24.7. The Labute approximate surface area is 119 Å². The Bertz CT molecular complexity index is 316. The number of aliphatic hydroxyl groups is 2. The number of rotatable bonds is 9. The molecule has 1 saturated heterocycles. The molecule has 7 heteroatoms. The molecule has 0 spiro atoms. The number of methoxy groups -OCH3 is 1. The number of aliphatic hydroxyl groups excluding tert-OH is 1. The third-order valence-corrected chi connectivity index (χ3v) is 3.19. The molecular formula is C13H25NO6. The molecule has 1 rings (SSSR count). The molecule has 0 radical (unpaired) electrons. The van der Waals surface area contributed by atoms with Gasteiger partial charge in [0, 0.05) is 19.6 Å². The SMILES string of the molecule is COCO[C@H]1C(=O)N(CCO)[C@H]1[C@H](C)COC(C)(C)O. The monoisotopic (exact) mass is 291 g/mol. The number of carbonyl (C=O) groups excluding carboxylic acids is 1. The van der Waals surface area contributed by atoms with E-state index in [0.29, 0.717) is 0 Å². The first-order valence-electron chi connectivity index (χ1n) is 6.70. The molecule has 1 aliphatic rings. The molecule has 2 N–H and O–H groups in total. The predicted molar refractivity (Wildman–Crippen MR) is 70.7 cm³/mol. The molecule has 118 valence electrons. The van der Waals surface area contributed by atoms with Gasteiger partial charge in [0.25, 0.3) is 5.91 Å². The Morgan fingerprint density at radius 2 is 2.10 bits per heavy atom. The van der Waals surface area contributed by atoms with Crippen molar-refractivity contribution in [1.29, 1.82) is 0 Å². The summed E-state index contributed by atoms with van der Waals surface area (Å²) in [6.07, 6.45) is -0.582. The first-order valence-corrected chi connectivity index (χ1v) is 6.70. The van der Waals surface area contributed by atoms with E-state index in [2.05, 4.69) is 0 Å². The van der Waals surface area contributed by atoms with Gasteiger partial charge in [0.15, 0.2) is 11.9 Å². The van der Waals surface area contributed by atoms with E-state index >= 15 is 0 Å². The summed E-state index contributed by atoms with van der Waals surface area (Å²) in [5, 5.41) is 18.6. The standard InChI is InChI=1S/C13H25NO6/c1-9(7-20-13(2,3)17)10-11(19-8-18-4)12(16)14(10)5-6-15/h9-11,15,17H,5-8H2,1-4H3/t9-,10+,11-/m1/s1. The number of carbonyl (C=O) groups is 1. The fourth-order valence-corrected chi connectivity index (χ4v) is 2.26. The van der Waals surface area contributed by atoms with E-state index in [4.69, 9.17) is 19.3 Å². The quantitative estimate of drug-likeness (QED) is 0.442. The van der Waals surface area contributed by atoms with Crippen LogP contribution in [-0.2, 0) is 19.0 Å². The average molecular weight is 291 g/mol. The van der Waals surface area contributed by atoms with Crippen LogP contribution in [0.2, 0.25) is 0 Å². The molecule has 0 aromatic rings. The van der Waals surface area contributed by atoms with E-state index < -0.39 is 11.9 Å². The van der Waals surface area contributed by atoms with Crippen LogP contribution in [0.3, 0.4) is 0 Å². The molecular weight excluding hydrogens is 266 g/mol. The summed E-state index contributed by atoms with van der Waals surface area (Å²) < 4.78 is 15.5. The lowest BCUT2D eigenvalue weighted by Gasteiger charge is -2.49. The second-order valence-electron chi connectivity index (χ2n) is 5.47. The van der Waals surface area contributed by atoms with Gasteiger partial charge in [-0.2, -0.15) is 0 Å². The van der Waals surface area contributed by atoms with Gasteiger partial charge in [-0.15, -0.1) is 0 Å². The van der Waals surface area contributed by atoms with Crippen molar-refractivity contribution in [3.05, 3.63) is 0 Å². The summed E-state index contributed by atoms with van der Waals surface area (Å²) in [7, 11) is 1.49. The number of β-amino-alcohol motifs (C(OH)–C–C–N with tert-alkyl or cyclic N) is 1. The second kappa shape index (κ2) is 7.33. The maximum Gasteiger partial charge on any atom is 0.254 e. The van der Waals surface area contributed by atoms with Crippen LogP contribution in [0.4, 0.5) is 0 Å². The van der Waals surface area contributed by atoms with Crippen molar-refractivity contribution >= 4 is 5.91 Å². The Kier molecular flexibility index (Phi) is 6.35. The van der Waals surface area contributed by atoms with Gasteiger partial charge in [0.1, 0.15) is 6.79 Å². The van der Waals surface area contributed by atoms with Gasteiger partial charge >= 0.3 is 0 Å². The number of hydrogen-bond acceptors (Lipinski definition) is 6. The van der Waals surface area contributed by atoms with Gasteiger partial charge in [0.05, 0.1) is 19.3 Å². The van der Waals surface area contributed by atoms with Crippen molar-refractivity contribution < 1.29 is 29.2 Å². The molecule has 0 aromatic heterocycles. The van der Waals surface area contributed by atoms with Crippen LogP contribution in [0.25, 0.3) is 0 Å². The summed E-state index contributed by atoms with van der Waals surface area (Å²) in [4.78, 5) is 13.5. The van der Waals surface area contributed by atoms with Crippen molar-refractivity contribution in [2.75, 3.05) is 33.7 Å². The number of hydrogen-bond donors (Lipinski definition) is 2. The van der Waals surface area contributed by atoms with E-state index in [-0.39, 0.29) is 44.4 Å². The molecule has 0 bridgehead atoms. The maximum atomic E-state index is 11.9. The van der Waals surface area contributed by atoms with Gasteiger partial charge < -0.3 is 29.3 Å². The average Bonchev–Trinajstić information content (AvgIpc) is 2.37. The first kappa shape index (κ1) is 17.3. The Balaban J connectivity index is 2.61. The van der Waals surface area contributed by atoms with Gasteiger partial charge in [-0.05, 0) is 13.8 Å². The molecule has 7 nitrogen and oxygen atoms in total. The van der Waals surface area contributed by atoms with E-state index in [1.807, 2.05) is 6.92 Å². The highest BCUT2D eigenvalue weighted by molar-refractivity contribution is 5.88. The summed E-state index contributed by atoms with van der Waals surface area (Å²) >= 11 is 0. The van der Waals surface area contributed by atoms with E-state index in [0.717, 1.165) is 0 Å². The number of amides is 1. The summed E-state index contributed by atoms with van der Waals surface area (Å²) in [5.41, 5.74) is 0. The first-order chi connectivity index (χ1) is 9.31. The topological polar surface area (TPSA) is 88.5 Å². The zero-order valence-electron chi connectivity index (χ0n) is 12.5. The van der Waals surface area contributed by atoms with Gasteiger partial charge in [0.2, 0.25) is 0 Å². The van der Waals surface area contributed by atoms with Crippen LogP contribution in [-0.4, -0.2) is 72.6 Å². The molecule has 1 aliphatic heterocycles. The summed E-state index contributed by atoms with van der Waals surface area (Å²) in [6.45, 7) is 5.51. The lowest BCUT2D eigenvalue weighted by Crippen LogP contribution is -2.69. The van der Waals surface area contributed by atoms with Crippen molar-refractivity contribution in [1.82, 2.24) is 4.90 Å². The van der Waals surface area contributed by atoms with Gasteiger partial charge in [-0.1, -0.05) is 6.92 Å². The Morgan fingerprint density at radius 3 is 2.60 bits per heavy atom. The van der Waals surface area contributed by atoms with Crippen LogP contribution in [0.5, 0.6) is 0 Å². The molecule has 0 saturated carbocycles. The number of nitrogens with zero attached hydrogens (tertiary/aromatic N) is 1. The highest BCUT2D eigenvalue weighted by Crippen LogP contribution is 2.29. The highest BCUT2D eigenvalue weighted by atomic mass is 16.7. The van der Waals surface area contributed by atoms with E-state index in [1.54, 1.807) is 18.7 Å². The molecule has 0 aliphatic carbocycles. The second-order valence-corrected chi connectivity index (χ2v) is 5.47. The van der Waals surface area contributed by atoms with Gasteiger partial charge in [-0.3, -0.25) is 4.79 Å². The predicted octanol–water partition coefficient (Wildman–Crippen LogP) is -0.440. The Morgan fingerprint density at radius 1 is 1.45 bits per heavy atom. The van der Waals surface area contributed by atoms with Crippen LogP contribution in [0.1, 0.15) is 20.8 Å². The van der Waals surface area contributed by atoms with Crippen LogP contribution in [0, 0.1) is 5.92 Å². The largest absolute Gasteiger partial charge is 0.395 e. The molecule has 0 aromatic carbocycles.